The molecule has 60 valence electrons. The summed E-state index contributed by atoms with van der Waals surface area (Å²) in [7, 11) is 0. The van der Waals surface area contributed by atoms with Crippen molar-refractivity contribution >= 4 is 27.3 Å². The number of aromatic nitrogens is 2. The molecule has 2 aromatic rings. The molecule has 0 unspecified atom stereocenters. The molecule has 0 N–H and O–H groups in total. The van der Waals surface area contributed by atoms with Gasteiger partial charge in [-0.3, -0.25) is 0 Å². The number of hydrogen-bond acceptors (Lipinski definition) is 3. The summed E-state index contributed by atoms with van der Waals surface area (Å²) >= 11 is 4.94. The number of nitrogens with zero attached hydrogens (tertiary/aromatic N) is 2. The van der Waals surface area contributed by atoms with Crippen molar-refractivity contribution in [2.45, 2.75) is 0 Å². The third-order valence-corrected chi connectivity index (χ3v) is 2.67. The lowest BCUT2D eigenvalue weighted by Gasteiger charge is -1.94. The molecule has 0 bridgehead atoms. The summed E-state index contributed by atoms with van der Waals surface area (Å²) in [6.45, 7) is 0. The second-order valence-corrected chi connectivity index (χ2v) is 3.94. The summed E-state index contributed by atoms with van der Waals surface area (Å²) < 4.78 is 0.820. The van der Waals surface area contributed by atoms with Gasteiger partial charge in [0.2, 0.25) is 0 Å². The monoisotopic (exact) mass is 240 g/mol. The fourth-order valence-electron chi connectivity index (χ4n) is 0.861. The predicted molar refractivity (Wildman–Crippen MR) is 53.0 cm³/mol. The van der Waals surface area contributed by atoms with Crippen LogP contribution in [0, 0.1) is 0 Å². The van der Waals surface area contributed by atoms with Crippen molar-refractivity contribution in [1.29, 1.82) is 0 Å². The van der Waals surface area contributed by atoms with Gasteiger partial charge in [-0.25, -0.2) is 9.97 Å². The summed E-state index contributed by atoms with van der Waals surface area (Å²) in [5.41, 5.74) is 0. The van der Waals surface area contributed by atoms with Crippen LogP contribution in [0.4, 0.5) is 0 Å². The summed E-state index contributed by atoms with van der Waals surface area (Å²) in [5.74, 6) is 0.777. The highest BCUT2D eigenvalue weighted by Gasteiger charge is 2.00. The van der Waals surface area contributed by atoms with E-state index in [1.165, 1.54) is 0 Å². The second kappa shape index (κ2) is 3.33. The van der Waals surface area contributed by atoms with Gasteiger partial charge in [-0.2, -0.15) is 0 Å². The van der Waals surface area contributed by atoms with Crippen LogP contribution in [0.25, 0.3) is 10.7 Å². The molecular formula is C8H5BrN2S. The van der Waals surface area contributed by atoms with Gasteiger partial charge in [-0.15, -0.1) is 11.3 Å². The van der Waals surface area contributed by atoms with Gasteiger partial charge in [0.1, 0.15) is 4.60 Å². The van der Waals surface area contributed by atoms with Crippen LogP contribution in [0.15, 0.2) is 34.4 Å². The number of hydrogen-bond donors (Lipinski definition) is 0. The van der Waals surface area contributed by atoms with Crippen molar-refractivity contribution in [3.8, 4) is 10.7 Å². The third kappa shape index (κ3) is 1.54. The van der Waals surface area contributed by atoms with Crippen molar-refractivity contribution < 1.29 is 0 Å². The van der Waals surface area contributed by atoms with Gasteiger partial charge in [-0.05, 0) is 33.4 Å². The first-order valence-electron chi connectivity index (χ1n) is 3.39. The Morgan fingerprint density at radius 1 is 1.33 bits per heavy atom. The molecule has 0 radical (unpaired) electrons. The molecule has 0 saturated carbocycles. The Labute approximate surface area is 82.4 Å². The predicted octanol–water partition coefficient (Wildman–Crippen LogP) is 2.97. The van der Waals surface area contributed by atoms with Crippen LogP contribution < -0.4 is 0 Å². The third-order valence-electron chi connectivity index (χ3n) is 1.36. The molecular weight excluding hydrogens is 236 g/mol. The maximum atomic E-state index is 4.23. The summed E-state index contributed by atoms with van der Waals surface area (Å²) in [6.07, 6.45) is 1.74. The molecule has 0 aliphatic rings. The number of thiophene rings is 1. The van der Waals surface area contributed by atoms with E-state index in [1.807, 2.05) is 23.6 Å². The van der Waals surface area contributed by atoms with Crippen molar-refractivity contribution in [2.75, 3.05) is 0 Å². The van der Waals surface area contributed by atoms with E-state index in [-0.39, 0.29) is 0 Å². The smallest absolute Gasteiger partial charge is 0.170 e. The zero-order chi connectivity index (χ0) is 8.39. The van der Waals surface area contributed by atoms with Gasteiger partial charge >= 0.3 is 0 Å². The summed E-state index contributed by atoms with van der Waals surface area (Å²) in [5, 5.41) is 2.01. The van der Waals surface area contributed by atoms with Crippen molar-refractivity contribution in [1.82, 2.24) is 9.97 Å². The summed E-state index contributed by atoms with van der Waals surface area (Å²) in [6, 6.07) is 5.81. The minimum atomic E-state index is 0.777. The zero-order valence-electron chi connectivity index (χ0n) is 6.07. The van der Waals surface area contributed by atoms with Crippen LogP contribution in [-0.4, -0.2) is 9.97 Å². The van der Waals surface area contributed by atoms with Crippen molar-refractivity contribution in [3.63, 3.8) is 0 Å². The van der Waals surface area contributed by atoms with Crippen LogP contribution in [0.2, 0.25) is 0 Å². The topological polar surface area (TPSA) is 25.8 Å². The maximum Gasteiger partial charge on any atom is 0.170 e. The fraction of sp³-hybridized carbons (Fsp3) is 0. The quantitative estimate of drug-likeness (QED) is 0.717. The van der Waals surface area contributed by atoms with E-state index in [4.69, 9.17) is 0 Å². The fourth-order valence-corrected chi connectivity index (χ4v) is 1.81. The zero-order valence-corrected chi connectivity index (χ0v) is 8.47. The van der Waals surface area contributed by atoms with Gasteiger partial charge in [0.15, 0.2) is 5.82 Å². The molecule has 0 fully saturated rings. The SMILES string of the molecule is Brc1ccnc(-c2cccs2)n1. The van der Waals surface area contributed by atoms with E-state index in [0.29, 0.717) is 0 Å². The first kappa shape index (κ1) is 7.89. The van der Waals surface area contributed by atoms with Crippen molar-refractivity contribution in [3.05, 3.63) is 34.4 Å². The molecule has 4 heteroatoms. The van der Waals surface area contributed by atoms with Gasteiger partial charge in [-0.1, -0.05) is 6.07 Å². The standard InChI is InChI=1S/C8H5BrN2S/c9-7-3-4-10-8(11-7)6-2-1-5-12-6/h1-5H. The molecule has 2 rings (SSSR count). The van der Waals surface area contributed by atoms with Crippen LogP contribution in [0.1, 0.15) is 0 Å². The van der Waals surface area contributed by atoms with E-state index in [0.717, 1.165) is 15.3 Å². The lowest BCUT2D eigenvalue weighted by Crippen LogP contribution is -1.84. The first-order chi connectivity index (χ1) is 5.86. The van der Waals surface area contributed by atoms with Gasteiger partial charge in [0, 0.05) is 6.20 Å². The van der Waals surface area contributed by atoms with E-state index < -0.39 is 0 Å². The molecule has 0 atom stereocenters. The molecule has 12 heavy (non-hydrogen) atoms. The van der Waals surface area contributed by atoms with Gasteiger partial charge in [0.25, 0.3) is 0 Å². The van der Waals surface area contributed by atoms with Crippen molar-refractivity contribution in [2.24, 2.45) is 0 Å². The Morgan fingerprint density at radius 2 is 2.25 bits per heavy atom. The van der Waals surface area contributed by atoms with Gasteiger partial charge in [0.05, 0.1) is 4.88 Å². The normalized spacial score (nSPS) is 10.1. The average molecular weight is 241 g/mol. The molecule has 0 aliphatic carbocycles. The minimum Gasteiger partial charge on any atom is -0.236 e. The maximum absolute atomic E-state index is 4.23. The molecule has 2 aromatic heterocycles. The number of rotatable bonds is 1. The summed E-state index contributed by atoms with van der Waals surface area (Å²) in [4.78, 5) is 9.48. The molecule has 2 nitrogen and oxygen atoms in total. The molecule has 0 saturated heterocycles. The Balaban J connectivity index is 2.48. The Bertz CT molecular complexity index is 372. The molecule has 0 aliphatic heterocycles. The number of halogens is 1. The van der Waals surface area contributed by atoms with E-state index >= 15 is 0 Å². The largest absolute Gasteiger partial charge is 0.236 e. The Kier molecular flexibility index (Phi) is 2.19. The van der Waals surface area contributed by atoms with Gasteiger partial charge < -0.3 is 0 Å². The van der Waals surface area contributed by atoms with Crippen LogP contribution in [0.5, 0.6) is 0 Å². The van der Waals surface area contributed by atoms with Crippen LogP contribution >= 0.6 is 27.3 Å². The lowest BCUT2D eigenvalue weighted by molar-refractivity contribution is 1.16. The molecule has 0 amide bonds. The average Bonchev–Trinajstić information content (AvgIpc) is 2.56. The Hall–Kier alpha value is -0.740. The molecule has 0 spiro atoms. The van der Waals surface area contributed by atoms with E-state index in [1.54, 1.807) is 17.5 Å². The van der Waals surface area contributed by atoms with E-state index in [9.17, 15) is 0 Å². The van der Waals surface area contributed by atoms with Crippen LogP contribution in [0.3, 0.4) is 0 Å². The highest BCUT2D eigenvalue weighted by atomic mass is 79.9. The van der Waals surface area contributed by atoms with Crippen LogP contribution in [-0.2, 0) is 0 Å². The molecule has 0 aromatic carbocycles. The highest BCUT2D eigenvalue weighted by Crippen LogP contribution is 2.21. The lowest BCUT2D eigenvalue weighted by atomic mass is 10.4. The van der Waals surface area contributed by atoms with E-state index in [2.05, 4.69) is 25.9 Å². The Morgan fingerprint density at radius 3 is 2.92 bits per heavy atom. The highest BCUT2D eigenvalue weighted by molar-refractivity contribution is 9.10. The molecule has 2 heterocycles. The second-order valence-electron chi connectivity index (χ2n) is 2.18. The first-order valence-corrected chi connectivity index (χ1v) is 5.06. The minimum absolute atomic E-state index is 0.777.